The van der Waals surface area contributed by atoms with Crippen LogP contribution in [0, 0.1) is 11.7 Å². The molecule has 2 aromatic heterocycles. The molecule has 136 valence electrons. The molecule has 0 spiro atoms. The molecule has 1 amide bonds. The molecule has 0 saturated carbocycles. The topological polar surface area (TPSA) is 72.7 Å². The first-order valence-electron chi connectivity index (χ1n) is 8.34. The van der Waals surface area contributed by atoms with Crippen molar-refractivity contribution in [2.24, 2.45) is 5.92 Å². The van der Waals surface area contributed by atoms with Crippen LogP contribution in [0.5, 0.6) is 0 Å². The lowest BCUT2D eigenvalue weighted by Gasteiger charge is -2.13. The maximum Gasteiger partial charge on any atom is 0.233 e. The summed E-state index contributed by atoms with van der Waals surface area (Å²) in [5, 5.41) is 8.43. The third kappa shape index (κ3) is 4.01. The Morgan fingerprint density at radius 3 is 2.65 bits per heavy atom. The number of amides is 1. The number of fused-ring (bicyclic) bond motifs is 1. The van der Waals surface area contributed by atoms with E-state index in [1.807, 2.05) is 6.92 Å². The second-order valence-electron chi connectivity index (χ2n) is 6.35. The lowest BCUT2D eigenvalue weighted by Crippen LogP contribution is -2.33. The third-order valence-corrected chi connectivity index (χ3v) is 4.86. The molecular weight excluding hydrogens is 353 g/mol. The van der Waals surface area contributed by atoms with Crippen LogP contribution in [-0.4, -0.2) is 37.5 Å². The van der Waals surface area contributed by atoms with Crippen LogP contribution in [0.4, 0.5) is 4.39 Å². The molecule has 0 saturated heterocycles. The van der Waals surface area contributed by atoms with Gasteiger partial charge in [-0.2, -0.15) is 5.10 Å². The molecule has 0 fully saturated rings. The molecule has 1 atom stereocenters. The van der Waals surface area contributed by atoms with Gasteiger partial charge in [-0.3, -0.25) is 4.79 Å². The fourth-order valence-corrected chi connectivity index (χ4v) is 3.26. The predicted octanol–water partition coefficient (Wildman–Crippen LogP) is 3.21. The van der Waals surface area contributed by atoms with Crippen LogP contribution < -0.4 is 5.32 Å². The summed E-state index contributed by atoms with van der Waals surface area (Å²) in [6, 6.07) is 6.03. The van der Waals surface area contributed by atoms with E-state index in [1.54, 1.807) is 23.0 Å². The first kappa shape index (κ1) is 18.3. The molecule has 0 aliphatic rings. The number of carbonyl (C=O) groups is 1. The van der Waals surface area contributed by atoms with E-state index in [0.29, 0.717) is 28.8 Å². The molecule has 26 heavy (non-hydrogen) atoms. The Hall–Kier alpha value is -2.48. The summed E-state index contributed by atoms with van der Waals surface area (Å²) >= 11 is 1.37. The van der Waals surface area contributed by atoms with Crippen molar-refractivity contribution in [1.82, 2.24) is 25.1 Å². The van der Waals surface area contributed by atoms with Crippen molar-refractivity contribution in [2.45, 2.75) is 31.0 Å². The average Bonchev–Trinajstić information content (AvgIpc) is 3.05. The third-order valence-electron chi connectivity index (χ3n) is 3.74. The van der Waals surface area contributed by atoms with Gasteiger partial charge in [0.25, 0.3) is 0 Å². The summed E-state index contributed by atoms with van der Waals surface area (Å²) in [6.45, 7) is 6.59. The standard InChI is InChI=1S/C18H20FN5OS/c1-11(2)8-20-17(25)12(3)26-18-15-9-23-24(16(15)21-10-22-18)14-6-4-13(19)5-7-14/h4-7,9-12H,8H2,1-3H3,(H,20,25). The SMILES string of the molecule is CC(C)CNC(=O)C(C)Sc1ncnc2c1cnn2-c1ccc(F)cc1. The second kappa shape index (κ2) is 7.82. The average molecular weight is 373 g/mol. The molecule has 0 aliphatic heterocycles. The maximum absolute atomic E-state index is 13.1. The van der Waals surface area contributed by atoms with Crippen molar-refractivity contribution in [3.63, 3.8) is 0 Å². The van der Waals surface area contributed by atoms with Gasteiger partial charge >= 0.3 is 0 Å². The van der Waals surface area contributed by atoms with Crippen LogP contribution in [-0.2, 0) is 4.79 Å². The molecule has 0 aliphatic carbocycles. The van der Waals surface area contributed by atoms with Gasteiger partial charge in [-0.05, 0) is 37.1 Å². The summed E-state index contributed by atoms with van der Waals surface area (Å²) < 4.78 is 14.8. The van der Waals surface area contributed by atoms with E-state index < -0.39 is 0 Å². The minimum absolute atomic E-state index is 0.0265. The number of halogens is 1. The summed E-state index contributed by atoms with van der Waals surface area (Å²) in [5.74, 6) is 0.0644. The van der Waals surface area contributed by atoms with Gasteiger partial charge in [0.15, 0.2) is 5.65 Å². The monoisotopic (exact) mass is 373 g/mol. The van der Waals surface area contributed by atoms with Crippen molar-refractivity contribution in [1.29, 1.82) is 0 Å². The van der Waals surface area contributed by atoms with Crippen molar-refractivity contribution < 1.29 is 9.18 Å². The van der Waals surface area contributed by atoms with Gasteiger partial charge in [0.05, 0.1) is 22.5 Å². The van der Waals surface area contributed by atoms with E-state index >= 15 is 0 Å². The van der Waals surface area contributed by atoms with Crippen molar-refractivity contribution >= 4 is 28.7 Å². The summed E-state index contributed by atoms with van der Waals surface area (Å²) in [5.41, 5.74) is 1.32. The molecule has 1 N–H and O–H groups in total. The maximum atomic E-state index is 13.1. The van der Waals surface area contributed by atoms with Crippen LogP contribution in [0.1, 0.15) is 20.8 Å². The lowest BCUT2D eigenvalue weighted by atomic mass is 10.2. The molecule has 1 unspecified atom stereocenters. The Kier molecular flexibility index (Phi) is 5.51. The van der Waals surface area contributed by atoms with Gasteiger partial charge < -0.3 is 5.32 Å². The van der Waals surface area contributed by atoms with Gasteiger partial charge in [0, 0.05) is 6.54 Å². The molecule has 0 radical (unpaired) electrons. The Bertz CT molecular complexity index is 910. The summed E-state index contributed by atoms with van der Waals surface area (Å²) in [4.78, 5) is 20.8. The molecule has 3 rings (SSSR count). The largest absolute Gasteiger partial charge is 0.355 e. The second-order valence-corrected chi connectivity index (χ2v) is 7.68. The molecule has 2 heterocycles. The number of carbonyl (C=O) groups excluding carboxylic acids is 1. The highest BCUT2D eigenvalue weighted by atomic mass is 32.2. The van der Waals surface area contributed by atoms with Crippen LogP contribution in [0.15, 0.2) is 41.8 Å². The Balaban J connectivity index is 1.84. The Morgan fingerprint density at radius 1 is 1.23 bits per heavy atom. The summed E-state index contributed by atoms with van der Waals surface area (Å²) in [7, 11) is 0. The van der Waals surface area contributed by atoms with Crippen LogP contribution >= 0.6 is 11.8 Å². The molecular formula is C18H20FN5OS. The van der Waals surface area contributed by atoms with Gasteiger partial charge in [-0.15, -0.1) is 0 Å². The van der Waals surface area contributed by atoms with E-state index in [-0.39, 0.29) is 17.0 Å². The van der Waals surface area contributed by atoms with E-state index in [9.17, 15) is 9.18 Å². The molecule has 6 nitrogen and oxygen atoms in total. The quantitative estimate of drug-likeness (QED) is 0.531. The smallest absolute Gasteiger partial charge is 0.233 e. The molecule has 8 heteroatoms. The highest BCUT2D eigenvalue weighted by Gasteiger charge is 2.18. The lowest BCUT2D eigenvalue weighted by molar-refractivity contribution is -0.120. The zero-order chi connectivity index (χ0) is 18.7. The first-order valence-corrected chi connectivity index (χ1v) is 9.22. The zero-order valence-corrected chi connectivity index (χ0v) is 15.6. The fourth-order valence-electron chi connectivity index (χ4n) is 2.36. The van der Waals surface area contributed by atoms with Crippen molar-refractivity contribution in [3.8, 4) is 5.69 Å². The summed E-state index contributed by atoms with van der Waals surface area (Å²) in [6.07, 6.45) is 3.12. The van der Waals surface area contributed by atoms with Crippen LogP contribution in [0.3, 0.4) is 0 Å². The number of aromatic nitrogens is 4. The van der Waals surface area contributed by atoms with E-state index in [2.05, 4.69) is 34.2 Å². The number of hydrogen-bond donors (Lipinski definition) is 1. The minimum Gasteiger partial charge on any atom is -0.355 e. The predicted molar refractivity (Wildman–Crippen MR) is 99.8 cm³/mol. The van der Waals surface area contributed by atoms with E-state index in [4.69, 9.17) is 0 Å². The highest BCUT2D eigenvalue weighted by Crippen LogP contribution is 2.28. The number of thioether (sulfide) groups is 1. The van der Waals surface area contributed by atoms with E-state index in [0.717, 1.165) is 5.39 Å². The number of hydrogen-bond acceptors (Lipinski definition) is 5. The molecule has 0 bridgehead atoms. The Morgan fingerprint density at radius 2 is 1.96 bits per heavy atom. The minimum atomic E-state index is -0.308. The van der Waals surface area contributed by atoms with Gasteiger partial charge in [-0.25, -0.2) is 19.0 Å². The first-order chi connectivity index (χ1) is 12.5. The van der Waals surface area contributed by atoms with Gasteiger partial charge in [-0.1, -0.05) is 25.6 Å². The molecule has 3 aromatic rings. The van der Waals surface area contributed by atoms with Gasteiger partial charge in [0.2, 0.25) is 5.91 Å². The molecule has 1 aromatic carbocycles. The van der Waals surface area contributed by atoms with E-state index in [1.165, 1.54) is 30.2 Å². The van der Waals surface area contributed by atoms with Crippen molar-refractivity contribution in [2.75, 3.05) is 6.54 Å². The number of nitrogens with zero attached hydrogens (tertiary/aromatic N) is 4. The van der Waals surface area contributed by atoms with Crippen LogP contribution in [0.25, 0.3) is 16.7 Å². The Labute approximate surface area is 155 Å². The normalized spacial score (nSPS) is 12.5. The zero-order valence-electron chi connectivity index (χ0n) is 14.8. The number of benzene rings is 1. The fraction of sp³-hybridized carbons (Fsp3) is 0.333. The van der Waals surface area contributed by atoms with Crippen LogP contribution in [0.2, 0.25) is 0 Å². The van der Waals surface area contributed by atoms with Gasteiger partial charge in [0.1, 0.15) is 17.2 Å². The highest BCUT2D eigenvalue weighted by molar-refractivity contribution is 8.00. The number of rotatable bonds is 6. The van der Waals surface area contributed by atoms with Crippen molar-refractivity contribution in [3.05, 3.63) is 42.6 Å². The number of nitrogens with one attached hydrogen (secondary N) is 1.